The van der Waals surface area contributed by atoms with Crippen LogP contribution in [0.4, 0.5) is 13.2 Å². The first-order valence-electron chi connectivity index (χ1n) is 10.7. The van der Waals surface area contributed by atoms with E-state index in [1.807, 2.05) is 0 Å². The van der Waals surface area contributed by atoms with E-state index in [1.54, 1.807) is 48.5 Å². The Kier molecular flexibility index (Phi) is 7.39. The predicted molar refractivity (Wildman–Crippen MR) is 123 cm³/mol. The summed E-state index contributed by atoms with van der Waals surface area (Å²) >= 11 is 0.638. The molecule has 198 valence electrons. The van der Waals surface area contributed by atoms with Crippen LogP contribution in [-0.2, 0) is 35.8 Å². The van der Waals surface area contributed by atoms with E-state index in [1.165, 1.54) is 12.1 Å². The van der Waals surface area contributed by atoms with E-state index >= 15 is 0 Å². The third-order valence-electron chi connectivity index (χ3n) is 5.51. The summed E-state index contributed by atoms with van der Waals surface area (Å²) in [6.07, 6.45) is -2.23. The summed E-state index contributed by atoms with van der Waals surface area (Å²) < 4.78 is 69.9. The second-order valence-corrected chi connectivity index (χ2v) is 10.9. The Hall–Kier alpha value is -3.30. The Balaban J connectivity index is 1.62. The fourth-order valence-corrected chi connectivity index (χ4v) is 6.44. The number of alkyl halides is 3. The second kappa shape index (κ2) is 10.2. The lowest BCUT2D eigenvalue weighted by molar-refractivity contribution is -0.200. The minimum atomic E-state index is -6.02. The first-order chi connectivity index (χ1) is 17.4. The van der Waals surface area contributed by atoms with Crippen LogP contribution in [0, 0.1) is 0 Å². The van der Waals surface area contributed by atoms with Gasteiger partial charge < -0.3 is 9.57 Å². The third-order valence-corrected chi connectivity index (χ3v) is 8.45. The maximum absolute atomic E-state index is 13.4. The molecule has 15 heteroatoms. The average molecular weight is 560 g/mol. The molecule has 2 saturated heterocycles. The lowest BCUT2D eigenvalue weighted by Gasteiger charge is -2.55. The zero-order valence-corrected chi connectivity index (χ0v) is 20.7. The zero-order chi connectivity index (χ0) is 27.0. The van der Waals surface area contributed by atoms with Crippen molar-refractivity contribution in [2.75, 3.05) is 5.88 Å². The van der Waals surface area contributed by atoms with E-state index < -0.39 is 56.8 Å². The normalized spacial score (nSPS) is 22.0. The highest BCUT2D eigenvalue weighted by Crippen LogP contribution is 2.44. The number of rotatable bonds is 7. The van der Waals surface area contributed by atoms with Gasteiger partial charge in [0.1, 0.15) is 12.0 Å². The Morgan fingerprint density at radius 1 is 1.08 bits per heavy atom. The molecule has 4 rings (SSSR count). The van der Waals surface area contributed by atoms with Crippen LogP contribution in [0.2, 0.25) is 0 Å². The predicted octanol–water partition coefficient (Wildman–Crippen LogP) is 2.29. The molecular formula is C22H20F3N3O7S2. The summed E-state index contributed by atoms with van der Waals surface area (Å²) in [7, 11) is -6.02. The molecule has 2 fully saturated rings. The molecular weight excluding hydrogens is 539 g/mol. The van der Waals surface area contributed by atoms with Gasteiger partial charge in [-0.15, -0.1) is 11.8 Å². The molecule has 0 radical (unpaired) electrons. The van der Waals surface area contributed by atoms with Crippen LogP contribution in [0.3, 0.4) is 0 Å². The van der Waals surface area contributed by atoms with Gasteiger partial charge >= 0.3 is 21.5 Å². The van der Waals surface area contributed by atoms with Crippen LogP contribution in [0.15, 0.2) is 60.7 Å². The SMILES string of the molecule is CC(=O)N(Oc1ccccc1)C1C(=O)N2C1SCN(S(=O)(=O)C(F)(F)F)C2C(=O)OCc1ccccc1. The molecule has 0 spiro atoms. The van der Waals surface area contributed by atoms with Gasteiger partial charge in [-0.2, -0.15) is 22.5 Å². The zero-order valence-electron chi connectivity index (χ0n) is 19.1. The number of nitrogens with zero attached hydrogens (tertiary/aromatic N) is 3. The topological polar surface area (TPSA) is 114 Å². The van der Waals surface area contributed by atoms with Gasteiger partial charge in [0, 0.05) is 6.92 Å². The molecule has 2 heterocycles. The highest BCUT2D eigenvalue weighted by molar-refractivity contribution is 8.01. The summed E-state index contributed by atoms with van der Waals surface area (Å²) in [4.78, 5) is 44.7. The third kappa shape index (κ3) is 5.10. The average Bonchev–Trinajstić information content (AvgIpc) is 2.86. The number of hydrogen-bond donors (Lipinski definition) is 0. The van der Waals surface area contributed by atoms with Gasteiger partial charge in [0.15, 0.2) is 18.0 Å². The molecule has 2 aliphatic rings. The Labute approximate surface area is 213 Å². The molecule has 3 unspecified atom stereocenters. The lowest BCUT2D eigenvalue weighted by Crippen LogP contribution is -2.79. The number of ether oxygens (including phenoxy) is 1. The van der Waals surface area contributed by atoms with Gasteiger partial charge in [-0.3, -0.25) is 14.5 Å². The molecule has 2 aliphatic heterocycles. The first-order valence-corrected chi connectivity index (χ1v) is 13.2. The summed E-state index contributed by atoms with van der Waals surface area (Å²) in [5.41, 5.74) is -5.23. The molecule has 0 aromatic heterocycles. The highest BCUT2D eigenvalue weighted by Gasteiger charge is 2.65. The van der Waals surface area contributed by atoms with Crippen molar-refractivity contribution >= 4 is 39.6 Å². The summed E-state index contributed by atoms with van der Waals surface area (Å²) in [5.74, 6) is -3.64. The number of para-hydroxylation sites is 1. The smallest absolute Gasteiger partial charge is 0.458 e. The molecule has 2 aromatic rings. The number of β-lactam (4-membered cyclic amide) rings is 1. The Bertz CT molecular complexity index is 1280. The summed E-state index contributed by atoms with van der Waals surface area (Å²) in [6, 6.07) is 14.8. The summed E-state index contributed by atoms with van der Waals surface area (Å²) in [6.45, 7) is 0.758. The van der Waals surface area contributed by atoms with Crippen molar-refractivity contribution < 1.29 is 45.5 Å². The molecule has 3 atom stereocenters. The van der Waals surface area contributed by atoms with E-state index in [4.69, 9.17) is 9.57 Å². The number of esters is 1. The number of carbonyl (C=O) groups excluding carboxylic acids is 3. The minimum Gasteiger partial charge on any atom is -0.458 e. The van der Waals surface area contributed by atoms with E-state index in [9.17, 15) is 36.0 Å². The number of sulfonamides is 1. The maximum Gasteiger partial charge on any atom is 0.511 e. The van der Waals surface area contributed by atoms with E-state index in [0.29, 0.717) is 22.2 Å². The van der Waals surface area contributed by atoms with Gasteiger partial charge in [-0.05, 0) is 17.7 Å². The number of amides is 2. The molecule has 0 aliphatic carbocycles. The number of fused-ring (bicyclic) bond motifs is 1. The standard InChI is InChI=1S/C22H20F3N3O7S2/c1-14(29)28(35-16-10-6-3-7-11-16)17-19(30)27-18(21(31)34-12-15-8-4-2-5-9-15)26(13-36-20(17)27)37(32,33)22(23,24)25/h2-11,17-18,20H,12-13H2,1H3. The monoisotopic (exact) mass is 559 g/mol. The summed E-state index contributed by atoms with van der Waals surface area (Å²) in [5, 5.41) is -0.319. The van der Waals surface area contributed by atoms with Gasteiger partial charge in [-0.25, -0.2) is 13.2 Å². The van der Waals surface area contributed by atoms with Crippen LogP contribution < -0.4 is 4.84 Å². The highest BCUT2D eigenvalue weighted by atomic mass is 32.2. The molecule has 0 saturated carbocycles. The fraction of sp³-hybridized carbons (Fsp3) is 0.318. The van der Waals surface area contributed by atoms with E-state index in [0.717, 1.165) is 12.0 Å². The number of hydrogen-bond acceptors (Lipinski definition) is 8. The van der Waals surface area contributed by atoms with Crippen molar-refractivity contribution in [3.05, 3.63) is 66.2 Å². The molecule has 10 nitrogen and oxygen atoms in total. The molecule has 0 N–H and O–H groups in total. The Morgan fingerprint density at radius 3 is 2.24 bits per heavy atom. The fourth-order valence-electron chi connectivity index (χ4n) is 3.76. The van der Waals surface area contributed by atoms with Crippen molar-refractivity contribution in [2.24, 2.45) is 0 Å². The number of benzene rings is 2. The first kappa shape index (κ1) is 26.8. The van der Waals surface area contributed by atoms with Crippen LogP contribution in [0.1, 0.15) is 12.5 Å². The quantitative estimate of drug-likeness (QED) is 0.289. The molecule has 0 bridgehead atoms. The second-order valence-electron chi connectivity index (χ2n) is 7.93. The molecule has 2 amide bonds. The van der Waals surface area contributed by atoms with Crippen LogP contribution in [0.25, 0.3) is 0 Å². The van der Waals surface area contributed by atoms with Crippen molar-refractivity contribution in [3.8, 4) is 5.75 Å². The number of thioether (sulfide) groups is 1. The van der Waals surface area contributed by atoms with Crippen molar-refractivity contribution in [3.63, 3.8) is 0 Å². The van der Waals surface area contributed by atoms with Crippen LogP contribution in [-0.4, -0.2) is 69.4 Å². The maximum atomic E-state index is 13.4. The van der Waals surface area contributed by atoms with Gasteiger partial charge in [0.25, 0.3) is 11.8 Å². The van der Waals surface area contributed by atoms with Gasteiger partial charge in [0.2, 0.25) is 0 Å². The molecule has 37 heavy (non-hydrogen) atoms. The van der Waals surface area contributed by atoms with Crippen LogP contribution in [0.5, 0.6) is 5.75 Å². The van der Waals surface area contributed by atoms with E-state index in [2.05, 4.69) is 0 Å². The van der Waals surface area contributed by atoms with Crippen molar-refractivity contribution in [2.45, 2.75) is 36.6 Å². The number of halogens is 3. The minimum absolute atomic E-state index is 0.119. The molecule has 2 aromatic carbocycles. The van der Waals surface area contributed by atoms with Gasteiger partial charge in [0.05, 0.1) is 5.88 Å². The van der Waals surface area contributed by atoms with Gasteiger partial charge in [-0.1, -0.05) is 48.5 Å². The number of carbonyl (C=O) groups is 3. The lowest BCUT2D eigenvalue weighted by atomic mass is 10.1. The number of hydroxylamine groups is 2. The van der Waals surface area contributed by atoms with Crippen molar-refractivity contribution in [1.29, 1.82) is 0 Å². The van der Waals surface area contributed by atoms with Crippen molar-refractivity contribution in [1.82, 2.24) is 14.3 Å². The Morgan fingerprint density at radius 2 is 1.68 bits per heavy atom. The van der Waals surface area contributed by atoms with E-state index in [-0.39, 0.29) is 16.7 Å². The largest absolute Gasteiger partial charge is 0.511 e. The van der Waals surface area contributed by atoms with Crippen LogP contribution >= 0.6 is 11.8 Å².